The third-order valence-electron chi connectivity index (χ3n) is 4.61. The molecule has 3 rings (SSSR count). The maximum absolute atomic E-state index is 5.47. The lowest BCUT2D eigenvalue weighted by molar-refractivity contribution is 0.311. The SMILES string of the molecule is COc1cccc(CNC[C@H]2CCN(C3CC3)C2)c1OC. The van der Waals surface area contributed by atoms with E-state index in [1.54, 1.807) is 14.2 Å². The summed E-state index contributed by atoms with van der Waals surface area (Å²) in [5, 5.41) is 3.59. The molecular formula is C17H26N2O2. The lowest BCUT2D eigenvalue weighted by atomic mass is 10.1. The summed E-state index contributed by atoms with van der Waals surface area (Å²) in [5.74, 6) is 2.44. The van der Waals surface area contributed by atoms with Gasteiger partial charge < -0.3 is 19.7 Å². The normalized spacial score (nSPS) is 22.5. The van der Waals surface area contributed by atoms with Crippen LogP contribution in [0.1, 0.15) is 24.8 Å². The third kappa shape index (κ3) is 3.50. The molecule has 4 heteroatoms. The Morgan fingerprint density at radius 3 is 2.76 bits per heavy atom. The smallest absolute Gasteiger partial charge is 0.165 e. The van der Waals surface area contributed by atoms with Crippen molar-refractivity contribution in [3.8, 4) is 11.5 Å². The monoisotopic (exact) mass is 290 g/mol. The molecule has 2 fully saturated rings. The van der Waals surface area contributed by atoms with Gasteiger partial charge in [-0.25, -0.2) is 0 Å². The van der Waals surface area contributed by atoms with Crippen molar-refractivity contribution < 1.29 is 9.47 Å². The zero-order valence-electron chi connectivity index (χ0n) is 13.1. The molecule has 21 heavy (non-hydrogen) atoms. The van der Waals surface area contributed by atoms with Crippen molar-refractivity contribution in [3.05, 3.63) is 23.8 Å². The molecule has 4 nitrogen and oxygen atoms in total. The van der Waals surface area contributed by atoms with E-state index in [0.29, 0.717) is 0 Å². The minimum absolute atomic E-state index is 0.794. The van der Waals surface area contributed by atoms with Crippen molar-refractivity contribution in [1.82, 2.24) is 10.2 Å². The predicted molar refractivity (Wildman–Crippen MR) is 84.0 cm³/mol. The second kappa shape index (κ2) is 6.67. The Balaban J connectivity index is 1.49. The van der Waals surface area contributed by atoms with Crippen LogP contribution in [-0.4, -0.2) is 44.8 Å². The molecule has 0 bridgehead atoms. The molecule has 1 aliphatic heterocycles. The van der Waals surface area contributed by atoms with E-state index < -0.39 is 0 Å². The van der Waals surface area contributed by atoms with Gasteiger partial charge >= 0.3 is 0 Å². The molecule has 1 atom stereocenters. The molecule has 116 valence electrons. The Kier molecular flexibility index (Phi) is 4.66. The number of nitrogens with zero attached hydrogens (tertiary/aromatic N) is 1. The first-order valence-electron chi connectivity index (χ1n) is 7.96. The average Bonchev–Trinajstić information content (AvgIpc) is 3.26. The van der Waals surface area contributed by atoms with Gasteiger partial charge in [0.2, 0.25) is 0 Å². The summed E-state index contributed by atoms with van der Waals surface area (Å²) < 4.78 is 10.8. The van der Waals surface area contributed by atoms with Crippen molar-refractivity contribution in [1.29, 1.82) is 0 Å². The van der Waals surface area contributed by atoms with Gasteiger partial charge in [0.1, 0.15) is 0 Å². The fraction of sp³-hybridized carbons (Fsp3) is 0.647. The van der Waals surface area contributed by atoms with Crippen molar-refractivity contribution in [3.63, 3.8) is 0 Å². The van der Waals surface area contributed by atoms with E-state index >= 15 is 0 Å². The fourth-order valence-electron chi connectivity index (χ4n) is 3.30. The number of likely N-dealkylation sites (tertiary alicyclic amines) is 1. The van der Waals surface area contributed by atoms with Crippen molar-refractivity contribution in [2.75, 3.05) is 33.9 Å². The Labute approximate surface area is 127 Å². The molecule has 1 aromatic carbocycles. The Morgan fingerprint density at radius 2 is 2.05 bits per heavy atom. The molecule has 0 radical (unpaired) electrons. The predicted octanol–water partition coefficient (Wildman–Crippen LogP) is 2.28. The fourth-order valence-corrected chi connectivity index (χ4v) is 3.30. The van der Waals surface area contributed by atoms with Crippen molar-refractivity contribution in [2.24, 2.45) is 5.92 Å². The van der Waals surface area contributed by atoms with Gasteiger partial charge in [0.15, 0.2) is 11.5 Å². The lowest BCUT2D eigenvalue weighted by Gasteiger charge is -2.16. The Morgan fingerprint density at radius 1 is 1.19 bits per heavy atom. The number of benzene rings is 1. The lowest BCUT2D eigenvalue weighted by Crippen LogP contribution is -2.27. The van der Waals surface area contributed by atoms with Crippen LogP contribution in [0.2, 0.25) is 0 Å². The summed E-state index contributed by atoms with van der Waals surface area (Å²) in [4.78, 5) is 2.67. The number of ether oxygens (including phenoxy) is 2. The number of rotatable bonds is 7. The van der Waals surface area contributed by atoms with Crippen LogP contribution in [0.15, 0.2) is 18.2 Å². The third-order valence-corrected chi connectivity index (χ3v) is 4.61. The average molecular weight is 290 g/mol. The summed E-state index contributed by atoms with van der Waals surface area (Å²) in [6, 6.07) is 6.96. The molecule has 1 aromatic rings. The molecule has 0 spiro atoms. The van der Waals surface area contributed by atoms with Crippen LogP contribution in [-0.2, 0) is 6.54 Å². The maximum atomic E-state index is 5.47. The molecule has 1 aliphatic carbocycles. The first-order chi connectivity index (χ1) is 10.3. The van der Waals surface area contributed by atoms with E-state index in [1.165, 1.54) is 32.4 Å². The van der Waals surface area contributed by atoms with Gasteiger partial charge in [0, 0.05) is 24.7 Å². The second-order valence-corrected chi connectivity index (χ2v) is 6.16. The summed E-state index contributed by atoms with van der Waals surface area (Å²) in [6.07, 6.45) is 4.17. The highest BCUT2D eigenvalue weighted by molar-refractivity contribution is 5.46. The van der Waals surface area contributed by atoms with E-state index in [2.05, 4.69) is 16.3 Å². The van der Waals surface area contributed by atoms with Crippen LogP contribution in [0.25, 0.3) is 0 Å². The molecule has 1 N–H and O–H groups in total. The van der Waals surface area contributed by atoms with Gasteiger partial charge in [-0.05, 0) is 44.3 Å². The first-order valence-corrected chi connectivity index (χ1v) is 7.96. The maximum Gasteiger partial charge on any atom is 0.165 e. The summed E-state index contributed by atoms with van der Waals surface area (Å²) in [7, 11) is 3.38. The standard InChI is InChI=1S/C17H26N2O2/c1-20-16-5-3-4-14(17(16)21-2)11-18-10-13-8-9-19(12-13)15-6-7-15/h3-5,13,15,18H,6-12H2,1-2H3/t13-/m1/s1. The zero-order valence-corrected chi connectivity index (χ0v) is 13.1. The Bertz CT molecular complexity index is 474. The van der Waals surface area contributed by atoms with Gasteiger partial charge in [-0.3, -0.25) is 0 Å². The highest BCUT2D eigenvalue weighted by Crippen LogP contribution is 2.32. The zero-order chi connectivity index (χ0) is 14.7. The molecule has 0 amide bonds. The van der Waals surface area contributed by atoms with E-state index in [-0.39, 0.29) is 0 Å². The van der Waals surface area contributed by atoms with Crippen LogP contribution in [0.4, 0.5) is 0 Å². The number of nitrogens with one attached hydrogen (secondary N) is 1. The number of methoxy groups -OCH3 is 2. The highest BCUT2D eigenvalue weighted by Gasteiger charge is 2.33. The molecule has 0 unspecified atom stereocenters. The van der Waals surface area contributed by atoms with Crippen LogP contribution >= 0.6 is 0 Å². The van der Waals surface area contributed by atoms with Gasteiger partial charge in [0.25, 0.3) is 0 Å². The van der Waals surface area contributed by atoms with Gasteiger partial charge in [-0.1, -0.05) is 12.1 Å². The first kappa shape index (κ1) is 14.7. The number of para-hydroxylation sites is 1. The van der Waals surface area contributed by atoms with Gasteiger partial charge in [0.05, 0.1) is 14.2 Å². The minimum atomic E-state index is 0.794. The van der Waals surface area contributed by atoms with Gasteiger partial charge in [-0.2, -0.15) is 0 Å². The van der Waals surface area contributed by atoms with E-state index in [4.69, 9.17) is 9.47 Å². The van der Waals surface area contributed by atoms with E-state index in [9.17, 15) is 0 Å². The molecule has 1 saturated carbocycles. The quantitative estimate of drug-likeness (QED) is 0.835. The molecule has 2 aliphatic rings. The van der Waals surface area contributed by atoms with Gasteiger partial charge in [-0.15, -0.1) is 0 Å². The topological polar surface area (TPSA) is 33.7 Å². The number of hydrogen-bond acceptors (Lipinski definition) is 4. The Hall–Kier alpha value is -1.26. The molecule has 1 saturated heterocycles. The van der Waals surface area contributed by atoms with E-state index in [0.717, 1.165) is 42.1 Å². The van der Waals surface area contributed by atoms with Crippen molar-refractivity contribution in [2.45, 2.75) is 31.8 Å². The minimum Gasteiger partial charge on any atom is -0.493 e. The highest BCUT2D eigenvalue weighted by atomic mass is 16.5. The molecule has 0 aromatic heterocycles. The summed E-state index contributed by atoms with van der Waals surface area (Å²) in [5.41, 5.74) is 1.16. The summed E-state index contributed by atoms with van der Waals surface area (Å²) >= 11 is 0. The van der Waals surface area contributed by atoms with Crippen LogP contribution in [0.3, 0.4) is 0 Å². The molecule has 1 heterocycles. The van der Waals surface area contributed by atoms with Crippen molar-refractivity contribution >= 4 is 0 Å². The van der Waals surface area contributed by atoms with E-state index in [1.807, 2.05) is 12.1 Å². The van der Waals surface area contributed by atoms with Crippen LogP contribution in [0.5, 0.6) is 11.5 Å². The largest absolute Gasteiger partial charge is 0.493 e. The summed E-state index contributed by atoms with van der Waals surface area (Å²) in [6.45, 7) is 4.48. The second-order valence-electron chi connectivity index (χ2n) is 6.16. The molecular weight excluding hydrogens is 264 g/mol. The number of hydrogen-bond donors (Lipinski definition) is 1. The van der Waals surface area contributed by atoms with Crippen LogP contribution < -0.4 is 14.8 Å². The van der Waals surface area contributed by atoms with Crippen LogP contribution in [0, 0.1) is 5.92 Å².